The number of halogens is 1. The number of aryl methyl sites for hydroxylation is 2. The third-order valence-electron chi connectivity index (χ3n) is 3.00. The molecule has 1 N–H and O–H groups in total. The fourth-order valence-electron chi connectivity index (χ4n) is 1.86. The second kappa shape index (κ2) is 7.75. The average Bonchev–Trinajstić information content (AvgIpc) is 2.49. The Morgan fingerprint density at radius 2 is 1.95 bits per heavy atom. The zero-order chi connectivity index (χ0) is 15.9. The number of nitrogens with one attached hydrogen (secondary N) is 1. The summed E-state index contributed by atoms with van der Waals surface area (Å²) in [5, 5.41) is 3.95. The van der Waals surface area contributed by atoms with E-state index in [4.69, 9.17) is 4.74 Å². The monoisotopic (exact) mass is 360 g/mol. The van der Waals surface area contributed by atoms with Gasteiger partial charge in [-0.25, -0.2) is 5.43 Å². The highest BCUT2D eigenvalue weighted by molar-refractivity contribution is 9.10. The molecule has 0 fully saturated rings. The predicted molar refractivity (Wildman–Crippen MR) is 91.3 cm³/mol. The minimum atomic E-state index is -0.302. The molecule has 2 aromatic rings. The third-order valence-corrected chi connectivity index (χ3v) is 3.53. The zero-order valence-corrected chi connectivity index (χ0v) is 14.1. The van der Waals surface area contributed by atoms with E-state index in [0.717, 1.165) is 15.6 Å². The summed E-state index contributed by atoms with van der Waals surface area (Å²) in [4.78, 5) is 11.7. The van der Waals surface area contributed by atoms with Crippen molar-refractivity contribution in [2.75, 3.05) is 6.61 Å². The lowest BCUT2D eigenvalue weighted by Gasteiger charge is -2.05. The first-order valence-electron chi connectivity index (χ1n) is 6.82. The maximum absolute atomic E-state index is 11.7. The van der Waals surface area contributed by atoms with E-state index in [0.29, 0.717) is 5.75 Å². The van der Waals surface area contributed by atoms with Crippen molar-refractivity contribution in [2.24, 2.45) is 5.10 Å². The van der Waals surface area contributed by atoms with Crippen molar-refractivity contribution >= 4 is 28.1 Å². The predicted octanol–water partition coefficient (Wildman–Crippen LogP) is 3.60. The number of rotatable bonds is 5. The molecule has 0 spiro atoms. The Labute approximate surface area is 138 Å². The van der Waals surface area contributed by atoms with Gasteiger partial charge >= 0.3 is 0 Å². The number of amides is 1. The summed E-state index contributed by atoms with van der Waals surface area (Å²) >= 11 is 3.34. The molecule has 0 saturated heterocycles. The number of nitrogens with zero attached hydrogens (tertiary/aromatic N) is 1. The number of hydrogen-bond acceptors (Lipinski definition) is 3. The quantitative estimate of drug-likeness (QED) is 0.654. The van der Waals surface area contributed by atoms with Crippen LogP contribution in [0.15, 0.2) is 52.0 Å². The van der Waals surface area contributed by atoms with Crippen molar-refractivity contribution in [3.05, 3.63) is 63.6 Å². The second-order valence-electron chi connectivity index (χ2n) is 4.90. The van der Waals surface area contributed by atoms with E-state index in [9.17, 15) is 4.79 Å². The summed E-state index contributed by atoms with van der Waals surface area (Å²) in [6, 6.07) is 13.3. The summed E-state index contributed by atoms with van der Waals surface area (Å²) < 4.78 is 6.32. The topological polar surface area (TPSA) is 50.7 Å². The van der Waals surface area contributed by atoms with Crippen LogP contribution in [-0.2, 0) is 4.79 Å². The van der Waals surface area contributed by atoms with Crippen LogP contribution >= 0.6 is 15.9 Å². The molecule has 5 heteroatoms. The van der Waals surface area contributed by atoms with Gasteiger partial charge in [-0.3, -0.25) is 4.79 Å². The van der Waals surface area contributed by atoms with Crippen LogP contribution in [0.3, 0.4) is 0 Å². The molecule has 2 aromatic carbocycles. The van der Waals surface area contributed by atoms with Gasteiger partial charge in [0.1, 0.15) is 5.75 Å². The summed E-state index contributed by atoms with van der Waals surface area (Å²) in [5.41, 5.74) is 5.73. The van der Waals surface area contributed by atoms with Crippen LogP contribution in [0.5, 0.6) is 5.75 Å². The molecule has 0 heterocycles. The summed E-state index contributed by atoms with van der Waals surface area (Å²) in [5.74, 6) is 0.334. The average molecular weight is 361 g/mol. The number of hydrogen-bond donors (Lipinski definition) is 1. The third kappa shape index (κ3) is 5.00. The molecule has 0 atom stereocenters. The van der Waals surface area contributed by atoms with Crippen molar-refractivity contribution in [1.29, 1.82) is 0 Å². The molecule has 0 aliphatic carbocycles. The SMILES string of the molecule is Cc1ccc(C=NNC(=O)COc2ccc(Br)cc2)c(C)c1. The maximum atomic E-state index is 11.7. The Balaban J connectivity index is 1.82. The first-order chi connectivity index (χ1) is 10.5. The minimum Gasteiger partial charge on any atom is -0.484 e. The molecule has 2 rings (SSSR count). The normalized spacial score (nSPS) is 10.7. The van der Waals surface area contributed by atoms with Crippen molar-refractivity contribution in [3.8, 4) is 5.75 Å². The number of hydrazone groups is 1. The van der Waals surface area contributed by atoms with Crippen LogP contribution < -0.4 is 10.2 Å². The van der Waals surface area contributed by atoms with Crippen LogP contribution in [0.1, 0.15) is 16.7 Å². The van der Waals surface area contributed by atoms with Crippen LogP contribution in [0.4, 0.5) is 0 Å². The summed E-state index contributed by atoms with van der Waals surface area (Å²) in [6.07, 6.45) is 1.63. The van der Waals surface area contributed by atoms with Crippen molar-refractivity contribution in [1.82, 2.24) is 5.43 Å². The van der Waals surface area contributed by atoms with Gasteiger partial charge in [-0.1, -0.05) is 39.7 Å². The first kappa shape index (κ1) is 16.2. The largest absolute Gasteiger partial charge is 0.484 e. The van der Waals surface area contributed by atoms with Gasteiger partial charge in [-0.15, -0.1) is 0 Å². The van der Waals surface area contributed by atoms with Crippen molar-refractivity contribution in [3.63, 3.8) is 0 Å². The minimum absolute atomic E-state index is 0.0775. The highest BCUT2D eigenvalue weighted by Gasteiger charge is 2.01. The van der Waals surface area contributed by atoms with E-state index in [1.807, 2.05) is 38.1 Å². The van der Waals surface area contributed by atoms with E-state index in [-0.39, 0.29) is 12.5 Å². The Morgan fingerprint density at radius 3 is 2.64 bits per heavy atom. The molecule has 0 radical (unpaired) electrons. The van der Waals surface area contributed by atoms with Crippen LogP contribution in [-0.4, -0.2) is 18.7 Å². The van der Waals surface area contributed by atoms with E-state index in [2.05, 4.69) is 32.5 Å². The van der Waals surface area contributed by atoms with Crippen LogP contribution in [0.25, 0.3) is 0 Å². The molecule has 0 aliphatic rings. The highest BCUT2D eigenvalue weighted by Crippen LogP contribution is 2.15. The van der Waals surface area contributed by atoms with E-state index >= 15 is 0 Å². The molecule has 0 saturated carbocycles. The van der Waals surface area contributed by atoms with Gasteiger partial charge in [-0.2, -0.15) is 5.10 Å². The van der Waals surface area contributed by atoms with Gasteiger partial charge in [-0.05, 0) is 49.2 Å². The van der Waals surface area contributed by atoms with E-state index in [1.165, 1.54) is 5.56 Å². The molecule has 0 aromatic heterocycles. The summed E-state index contributed by atoms with van der Waals surface area (Å²) in [6.45, 7) is 3.97. The van der Waals surface area contributed by atoms with Gasteiger partial charge < -0.3 is 4.74 Å². The fourth-order valence-corrected chi connectivity index (χ4v) is 2.12. The molecule has 0 bridgehead atoms. The van der Waals surface area contributed by atoms with E-state index < -0.39 is 0 Å². The fraction of sp³-hybridized carbons (Fsp3) is 0.176. The summed E-state index contributed by atoms with van der Waals surface area (Å²) in [7, 11) is 0. The van der Waals surface area contributed by atoms with Crippen molar-refractivity contribution in [2.45, 2.75) is 13.8 Å². The molecule has 0 unspecified atom stereocenters. The first-order valence-corrected chi connectivity index (χ1v) is 7.61. The molecule has 114 valence electrons. The lowest BCUT2D eigenvalue weighted by Crippen LogP contribution is -2.24. The molecule has 4 nitrogen and oxygen atoms in total. The van der Waals surface area contributed by atoms with Gasteiger partial charge in [0.25, 0.3) is 5.91 Å². The number of carbonyl (C=O) groups excluding carboxylic acids is 1. The van der Waals surface area contributed by atoms with Gasteiger partial charge in [0.2, 0.25) is 0 Å². The second-order valence-corrected chi connectivity index (χ2v) is 5.81. The van der Waals surface area contributed by atoms with Crippen LogP contribution in [0.2, 0.25) is 0 Å². The number of carbonyl (C=O) groups is 1. The highest BCUT2D eigenvalue weighted by atomic mass is 79.9. The maximum Gasteiger partial charge on any atom is 0.277 e. The van der Waals surface area contributed by atoms with Crippen LogP contribution in [0, 0.1) is 13.8 Å². The van der Waals surface area contributed by atoms with Gasteiger partial charge in [0.05, 0.1) is 6.21 Å². The molecular formula is C17H17BrN2O2. The van der Waals surface area contributed by atoms with Gasteiger partial charge in [0.15, 0.2) is 6.61 Å². The Hall–Kier alpha value is -2.14. The molecular weight excluding hydrogens is 344 g/mol. The Morgan fingerprint density at radius 1 is 1.23 bits per heavy atom. The molecule has 0 aliphatic heterocycles. The number of ether oxygens (including phenoxy) is 1. The lowest BCUT2D eigenvalue weighted by molar-refractivity contribution is -0.123. The molecule has 22 heavy (non-hydrogen) atoms. The van der Waals surface area contributed by atoms with Gasteiger partial charge in [0, 0.05) is 4.47 Å². The zero-order valence-electron chi connectivity index (χ0n) is 12.5. The number of benzene rings is 2. The lowest BCUT2D eigenvalue weighted by atomic mass is 10.1. The van der Waals surface area contributed by atoms with Crippen molar-refractivity contribution < 1.29 is 9.53 Å². The smallest absolute Gasteiger partial charge is 0.277 e. The Bertz CT molecular complexity index is 682. The van der Waals surface area contributed by atoms with E-state index in [1.54, 1.807) is 18.3 Å². The molecule has 1 amide bonds. The Kier molecular flexibility index (Phi) is 5.72. The standard InChI is InChI=1S/C17H17BrN2O2/c1-12-3-4-14(13(2)9-12)10-19-20-17(21)11-22-16-7-5-15(18)6-8-16/h3-10H,11H2,1-2H3,(H,20,21).